The second kappa shape index (κ2) is 2.41. The Morgan fingerprint density at radius 3 is 3.00 bits per heavy atom. The monoisotopic (exact) mass is 164 g/mol. The van der Waals surface area contributed by atoms with Gasteiger partial charge in [0, 0.05) is 12.3 Å². The third kappa shape index (κ3) is 0.972. The number of fused-ring (bicyclic) bond motifs is 1. The van der Waals surface area contributed by atoms with Crippen LogP contribution in [0.1, 0.15) is 0 Å². The molecule has 2 rings (SSSR count). The zero-order valence-electron chi connectivity index (χ0n) is 6.04. The van der Waals surface area contributed by atoms with E-state index in [0.29, 0.717) is 5.39 Å². The number of halogens is 1. The molecule has 12 heavy (non-hydrogen) atoms. The predicted octanol–water partition coefficient (Wildman–Crippen LogP) is 1.06. The maximum Gasteiger partial charge on any atom is 0.214 e. The van der Waals surface area contributed by atoms with E-state index in [1.165, 1.54) is 18.3 Å². The van der Waals surface area contributed by atoms with Crippen molar-refractivity contribution < 1.29 is 4.39 Å². The first kappa shape index (κ1) is 6.97. The second-order valence-corrected chi connectivity index (χ2v) is 2.37. The Morgan fingerprint density at radius 1 is 1.33 bits per heavy atom. The molecule has 4 heteroatoms. The van der Waals surface area contributed by atoms with Crippen LogP contribution in [-0.2, 0) is 0 Å². The van der Waals surface area contributed by atoms with Crippen molar-refractivity contribution in [2.75, 3.05) is 0 Å². The molecule has 0 radical (unpaired) electrons. The van der Waals surface area contributed by atoms with Gasteiger partial charge in [-0.2, -0.15) is 4.39 Å². The summed E-state index contributed by atoms with van der Waals surface area (Å²) in [5, 5.41) is 0.402. The predicted molar refractivity (Wildman–Crippen MR) is 42.3 cm³/mol. The number of pyridine rings is 2. The van der Waals surface area contributed by atoms with Crippen molar-refractivity contribution in [1.82, 2.24) is 9.97 Å². The number of rotatable bonds is 0. The lowest BCUT2D eigenvalue weighted by Crippen LogP contribution is -2.01. The van der Waals surface area contributed by atoms with Gasteiger partial charge in [-0.3, -0.25) is 4.79 Å². The van der Waals surface area contributed by atoms with E-state index in [4.69, 9.17) is 0 Å². The second-order valence-electron chi connectivity index (χ2n) is 2.37. The van der Waals surface area contributed by atoms with Gasteiger partial charge in [-0.1, -0.05) is 0 Å². The summed E-state index contributed by atoms with van der Waals surface area (Å²) < 4.78 is 12.5. The molecule has 60 valence electrons. The molecule has 0 saturated heterocycles. The van der Waals surface area contributed by atoms with Crippen LogP contribution in [-0.4, -0.2) is 9.97 Å². The highest BCUT2D eigenvalue weighted by atomic mass is 19.1. The van der Waals surface area contributed by atoms with E-state index in [0.717, 1.165) is 6.07 Å². The molecule has 0 bridgehead atoms. The summed E-state index contributed by atoms with van der Waals surface area (Å²) in [4.78, 5) is 17.3. The van der Waals surface area contributed by atoms with Crippen molar-refractivity contribution in [2.24, 2.45) is 0 Å². The number of hydrogen-bond donors (Lipinski definition) is 1. The van der Waals surface area contributed by atoms with Gasteiger partial charge >= 0.3 is 0 Å². The smallest absolute Gasteiger partial charge is 0.214 e. The summed E-state index contributed by atoms with van der Waals surface area (Å²) in [6.45, 7) is 0. The lowest BCUT2D eigenvalue weighted by Gasteiger charge is -1.93. The van der Waals surface area contributed by atoms with Gasteiger partial charge in [0.15, 0.2) is 5.43 Å². The highest BCUT2D eigenvalue weighted by molar-refractivity contribution is 5.73. The summed E-state index contributed by atoms with van der Waals surface area (Å²) >= 11 is 0. The van der Waals surface area contributed by atoms with Crippen molar-refractivity contribution in [3.8, 4) is 0 Å². The largest absolute Gasteiger partial charge is 0.346 e. The Bertz CT molecular complexity index is 478. The van der Waals surface area contributed by atoms with Crippen LogP contribution in [0.15, 0.2) is 29.2 Å². The van der Waals surface area contributed by atoms with Gasteiger partial charge in [0.05, 0.1) is 5.39 Å². The van der Waals surface area contributed by atoms with Gasteiger partial charge in [0.1, 0.15) is 5.65 Å². The molecule has 0 aliphatic rings. The molecular formula is C8H5FN2O. The molecule has 0 amide bonds. The van der Waals surface area contributed by atoms with E-state index in [-0.39, 0.29) is 11.1 Å². The summed E-state index contributed by atoms with van der Waals surface area (Å²) in [5.41, 5.74) is 0.124. The third-order valence-corrected chi connectivity index (χ3v) is 1.58. The SMILES string of the molecule is O=c1cc[nH]c2nc(F)ccc12. The maximum atomic E-state index is 12.5. The van der Waals surface area contributed by atoms with Crippen LogP contribution >= 0.6 is 0 Å². The molecule has 0 aliphatic carbocycles. The van der Waals surface area contributed by atoms with Crippen LogP contribution in [0.3, 0.4) is 0 Å². The fourth-order valence-corrected chi connectivity index (χ4v) is 1.03. The average Bonchev–Trinajstić information content (AvgIpc) is 2.04. The Hall–Kier alpha value is -1.71. The van der Waals surface area contributed by atoms with Crippen molar-refractivity contribution in [3.05, 3.63) is 40.6 Å². The topological polar surface area (TPSA) is 45.8 Å². The van der Waals surface area contributed by atoms with E-state index in [1.807, 2.05) is 0 Å². The van der Waals surface area contributed by atoms with Crippen LogP contribution in [0, 0.1) is 5.95 Å². The van der Waals surface area contributed by atoms with Crippen molar-refractivity contribution in [1.29, 1.82) is 0 Å². The van der Waals surface area contributed by atoms with Crippen LogP contribution in [0.5, 0.6) is 0 Å². The Kier molecular flexibility index (Phi) is 1.40. The first-order valence-electron chi connectivity index (χ1n) is 3.41. The van der Waals surface area contributed by atoms with E-state index in [2.05, 4.69) is 9.97 Å². The summed E-state index contributed by atoms with van der Waals surface area (Å²) in [5.74, 6) is -0.593. The molecule has 0 fully saturated rings. The van der Waals surface area contributed by atoms with E-state index in [1.54, 1.807) is 0 Å². The minimum absolute atomic E-state index is 0.156. The Balaban J connectivity index is 2.96. The highest BCUT2D eigenvalue weighted by Crippen LogP contribution is 2.03. The lowest BCUT2D eigenvalue weighted by atomic mass is 10.3. The van der Waals surface area contributed by atoms with Gasteiger partial charge in [-0.05, 0) is 12.1 Å². The molecule has 0 atom stereocenters. The van der Waals surface area contributed by atoms with E-state index < -0.39 is 5.95 Å². The molecule has 0 aliphatic heterocycles. The first-order chi connectivity index (χ1) is 5.77. The van der Waals surface area contributed by atoms with Gasteiger partial charge in [-0.25, -0.2) is 4.98 Å². The van der Waals surface area contributed by atoms with Crippen LogP contribution in [0.25, 0.3) is 11.0 Å². The standard InChI is InChI=1S/C8H5FN2O/c9-7-2-1-5-6(12)3-4-10-8(5)11-7/h1-4H,(H,10,11,12). The summed E-state index contributed by atoms with van der Waals surface area (Å²) in [7, 11) is 0. The Labute approximate surface area is 66.9 Å². The molecule has 2 aromatic rings. The highest BCUT2D eigenvalue weighted by Gasteiger charge is 1.99. The molecule has 2 aromatic heterocycles. The number of nitrogens with one attached hydrogen (secondary N) is 1. The summed E-state index contributed by atoms with van der Waals surface area (Å²) in [6.07, 6.45) is 1.44. The fraction of sp³-hybridized carbons (Fsp3) is 0. The minimum atomic E-state index is -0.593. The van der Waals surface area contributed by atoms with E-state index in [9.17, 15) is 9.18 Å². The maximum absolute atomic E-state index is 12.5. The van der Waals surface area contributed by atoms with Crippen molar-refractivity contribution >= 4 is 11.0 Å². The van der Waals surface area contributed by atoms with Gasteiger partial charge in [0.2, 0.25) is 5.95 Å². The minimum Gasteiger partial charge on any atom is -0.346 e. The van der Waals surface area contributed by atoms with Gasteiger partial charge < -0.3 is 4.98 Å². The van der Waals surface area contributed by atoms with Gasteiger partial charge in [0.25, 0.3) is 0 Å². The van der Waals surface area contributed by atoms with Crippen molar-refractivity contribution in [3.63, 3.8) is 0 Å². The molecule has 3 nitrogen and oxygen atoms in total. The zero-order valence-corrected chi connectivity index (χ0v) is 6.04. The van der Waals surface area contributed by atoms with Crippen LogP contribution < -0.4 is 5.43 Å². The van der Waals surface area contributed by atoms with E-state index >= 15 is 0 Å². The number of aromatic nitrogens is 2. The zero-order chi connectivity index (χ0) is 8.55. The Morgan fingerprint density at radius 2 is 2.17 bits per heavy atom. The van der Waals surface area contributed by atoms with Crippen LogP contribution in [0.2, 0.25) is 0 Å². The molecule has 0 unspecified atom stereocenters. The first-order valence-corrected chi connectivity index (χ1v) is 3.41. The summed E-state index contributed by atoms with van der Waals surface area (Å²) in [6, 6.07) is 3.95. The molecule has 0 aromatic carbocycles. The molecule has 0 saturated carbocycles. The molecule has 2 heterocycles. The number of hydrogen-bond acceptors (Lipinski definition) is 2. The lowest BCUT2D eigenvalue weighted by molar-refractivity contribution is 0.588. The molecule has 0 spiro atoms. The van der Waals surface area contributed by atoms with Crippen LogP contribution in [0.4, 0.5) is 4.39 Å². The van der Waals surface area contributed by atoms with Gasteiger partial charge in [-0.15, -0.1) is 0 Å². The number of H-pyrrole nitrogens is 1. The van der Waals surface area contributed by atoms with Crippen molar-refractivity contribution in [2.45, 2.75) is 0 Å². The number of aromatic amines is 1. The number of nitrogens with zero attached hydrogens (tertiary/aromatic N) is 1. The molecule has 1 N–H and O–H groups in total. The average molecular weight is 164 g/mol. The fourth-order valence-electron chi connectivity index (χ4n) is 1.03. The molecular weight excluding hydrogens is 159 g/mol. The third-order valence-electron chi connectivity index (χ3n) is 1.58. The quantitative estimate of drug-likeness (QED) is 0.592. The normalized spacial score (nSPS) is 10.4.